The summed E-state index contributed by atoms with van der Waals surface area (Å²) in [6, 6.07) is 0. The van der Waals surface area contributed by atoms with Gasteiger partial charge in [0.15, 0.2) is 5.78 Å². The highest BCUT2D eigenvalue weighted by molar-refractivity contribution is 6.00. The number of rotatable bonds is 0. The van der Waals surface area contributed by atoms with Gasteiger partial charge in [-0.25, -0.2) is 0 Å². The summed E-state index contributed by atoms with van der Waals surface area (Å²) < 4.78 is 0. The van der Waals surface area contributed by atoms with Crippen molar-refractivity contribution in [2.75, 3.05) is 0 Å². The van der Waals surface area contributed by atoms with Crippen molar-refractivity contribution in [1.82, 2.24) is 0 Å². The minimum atomic E-state index is -0.857. The van der Waals surface area contributed by atoms with Crippen molar-refractivity contribution < 1.29 is 9.90 Å². The number of aliphatic hydroxyl groups is 1. The number of hydrogen-bond donors (Lipinski definition) is 1. The van der Waals surface area contributed by atoms with Gasteiger partial charge in [0.05, 0.1) is 0 Å². The summed E-state index contributed by atoms with van der Waals surface area (Å²) in [4.78, 5) is 11.6. The maximum Gasteiger partial charge on any atom is 0.178 e. The van der Waals surface area contributed by atoms with Crippen LogP contribution >= 0.6 is 0 Å². The minimum Gasteiger partial charge on any atom is -0.377 e. The fourth-order valence-corrected chi connectivity index (χ4v) is 5.69. The molecule has 3 fully saturated rings. The first kappa shape index (κ1) is 13.3. The van der Waals surface area contributed by atoms with Gasteiger partial charge >= 0.3 is 0 Å². The Morgan fingerprint density at radius 3 is 2.86 bits per heavy atom. The van der Waals surface area contributed by atoms with Gasteiger partial charge in [0.25, 0.3) is 0 Å². The van der Waals surface area contributed by atoms with Crippen molar-refractivity contribution in [3.05, 3.63) is 23.8 Å². The Bertz CT molecular complexity index is 579. The molecule has 0 aliphatic heterocycles. The predicted molar refractivity (Wildman–Crippen MR) is 81.2 cm³/mol. The SMILES string of the molecule is C#C[C@]1(O)CC[C@H]2[C@@H]3CCC4=CC(=O)C=C[C@@H]4[C@H]3CC[C@@H]21. The third-order valence-corrected chi connectivity index (χ3v) is 6.60. The summed E-state index contributed by atoms with van der Waals surface area (Å²) in [6.45, 7) is 0. The van der Waals surface area contributed by atoms with Crippen molar-refractivity contribution in [3.63, 3.8) is 0 Å². The van der Waals surface area contributed by atoms with Gasteiger partial charge in [-0.05, 0) is 68.4 Å². The highest BCUT2D eigenvalue weighted by Crippen LogP contribution is 2.58. The molecule has 0 aromatic rings. The summed E-state index contributed by atoms with van der Waals surface area (Å²) in [5.41, 5.74) is 0.483. The minimum absolute atomic E-state index is 0.149. The molecule has 0 amide bonds. The van der Waals surface area contributed by atoms with Gasteiger partial charge in [-0.2, -0.15) is 0 Å². The Labute approximate surface area is 126 Å². The molecule has 21 heavy (non-hydrogen) atoms. The van der Waals surface area contributed by atoms with Gasteiger partial charge in [-0.1, -0.05) is 17.6 Å². The second-order valence-corrected chi connectivity index (χ2v) is 7.33. The Balaban J connectivity index is 1.62. The van der Waals surface area contributed by atoms with E-state index >= 15 is 0 Å². The number of carbonyl (C=O) groups excluding carboxylic acids is 1. The van der Waals surface area contributed by atoms with E-state index in [0.29, 0.717) is 29.6 Å². The van der Waals surface area contributed by atoms with Crippen LogP contribution in [0.3, 0.4) is 0 Å². The highest BCUT2D eigenvalue weighted by atomic mass is 16.3. The number of terminal acetylenes is 1. The average Bonchev–Trinajstić information content (AvgIpc) is 2.85. The molecule has 0 spiro atoms. The zero-order chi connectivity index (χ0) is 14.6. The van der Waals surface area contributed by atoms with E-state index in [9.17, 15) is 9.90 Å². The summed E-state index contributed by atoms with van der Waals surface area (Å²) in [6.07, 6.45) is 17.6. The maximum absolute atomic E-state index is 11.6. The first-order chi connectivity index (χ1) is 10.1. The molecule has 3 saturated carbocycles. The number of carbonyl (C=O) groups is 1. The number of allylic oxidation sites excluding steroid dienone is 4. The zero-order valence-electron chi connectivity index (χ0n) is 12.3. The lowest BCUT2D eigenvalue weighted by molar-refractivity contribution is -0.110. The molecule has 4 rings (SSSR count). The zero-order valence-corrected chi connectivity index (χ0v) is 12.3. The van der Waals surface area contributed by atoms with Crippen LogP contribution in [0.15, 0.2) is 23.8 Å². The summed E-state index contributed by atoms with van der Waals surface area (Å²) in [5.74, 6) is 5.49. The Kier molecular flexibility index (Phi) is 2.91. The van der Waals surface area contributed by atoms with Gasteiger partial charge in [-0.15, -0.1) is 6.42 Å². The van der Waals surface area contributed by atoms with Crippen LogP contribution in [0.25, 0.3) is 0 Å². The van der Waals surface area contributed by atoms with E-state index in [1.807, 2.05) is 6.08 Å². The molecule has 6 atom stereocenters. The second-order valence-electron chi connectivity index (χ2n) is 7.33. The molecule has 1 N–H and O–H groups in total. The van der Waals surface area contributed by atoms with Crippen LogP contribution in [0, 0.1) is 41.9 Å². The van der Waals surface area contributed by atoms with Crippen LogP contribution in [-0.4, -0.2) is 16.5 Å². The maximum atomic E-state index is 11.6. The first-order valence-corrected chi connectivity index (χ1v) is 8.25. The van der Waals surface area contributed by atoms with E-state index in [1.54, 1.807) is 6.08 Å². The van der Waals surface area contributed by atoms with Gasteiger partial charge in [-0.3, -0.25) is 4.79 Å². The van der Waals surface area contributed by atoms with Crippen LogP contribution < -0.4 is 0 Å². The lowest BCUT2D eigenvalue weighted by Crippen LogP contribution is -2.44. The average molecular weight is 282 g/mol. The topological polar surface area (TPSA) is 37.3 Å². The number of ketones is 1. The van der Waals surface area contributed by atoms with Crippen LogP contribution in [0.5, 0.6) is 0 Å². The van der Waals surface area contributed by atoms with E-state index in [1.165, 1.54) is 5.57 Å². The Hall–Kier alpha value is -1.33. The first-order valence-electron chi connectivity index (χ1n) is 8.25. The molecule has 110 valence electrons. The summed E-state index contributed by atoms with van der Waals surface area (Å²) in [7, 11) is 0. The Morgan fingerprint density at radius 1 is 1.19 bits per heavy atom. The van der Waals surface area contributed by atoms with Crippen molar-refractivity contribution in [3.8, 4) is 12.3 Å². The number of hydrogen-bond acceptors (Lipinski definition) is 2. The van der Waals surface area contributed by atoms with Crippen LogP contribution in [-0.2, 0) is 4.79 Å². The monoisotopic (exact) mass is 282 g/mol. The molecule has 2 nitrogen and oxygen atoms in total. The van der Waals surface area contributed by atoms with Crippen molar-refractivity contribution >= 4 is 5.78 Å². The van der Waals surface area contributed by atoms with Crippen molar-refractivity contribution in [2.45, 2.75) is 44.1 Å². The molecular weight excluding hydrogens is 260 g/mol. The molecule has 0 bridgehead atoms. The molecule has 4 aliphatic carbocycles. The largest absolute Gasteiger partial charge is 0.377 e. The smallest absolute Gasteiger partial charge is 0.178 e. The lowest BCUT2D eigenvalue weighted by atomic mass is 9.56. The van der Waals surface area contributed by atoms with E-state index in [2.05, 4.69) is 12.0 Å². The molecule has 0 saturated heterocycles. The fourth-order valence-electron chi connectivity index (χ4n) is 5.69. The van der Waals surface area contributed by atoms with Gasteiger partial charge in [0.1, 0.15) is 5.60 Å². The highest BCUT2D eigenvalue weighted by Gasteiger charge is 2.54. The van der Waals surface area contributed by atoms with Gasteiger partial charge in [0.2, 0.25) is 0 Å². The lowest BCUT2D eigenvalue weighted by Gasteiger charge is -2.49. The molecule has 4 aliphatic rings. The molecule has 2 heteroatoms. The Morgan fingerprint density at radius 2 is 2.05 bits per heavy atom. The molecule has 0 aromatic carbocycles. The molecule has 0 heterocycles. The summed E-state index contributed by atoms with van der Waals surface area (Å²) >= 11 is 0. The standard InChI is InChI=1S/C19H22O2/c1-2-19(21)10-9-17-16-5-3-12-11-13(20)4-6-14(12)15(16)7-8-18(17)19/h1,4,6,11,14-18,21H,3,5,7-10H2/t14-,15+,16+,17-,18-,19-/m0/s1. The number of fused-ring (bicyclic) bond motifs is 5. The van der Waals surface area contributed by atoms with E-state index < -0.39 is 5.60 Å². The van der Waals surface area contributed by atoms with Crippen LogP contribution in [0.1, 0.15) is 38.5 Å². The molecular formula is C19H22O2. The van der Waals surface area contributed by atoms with Crippen LogP contribution in [0.2, 0.25) is 0 Å². The van der Waals surface area contributed by atoms with Crippen molar-refractivity contribution in [2.24, 2.45) is 29.6 Å². The molecule has 0 aromatic heterocycles. The molecule has 0 radical (unpaired) electrons. The van der Waals surface area contributed by atoms with E-state index in [0.717, 1.165) is 38.5 Å². The summed E-state index contributed by atoms with van der Waals surface area (Å²) in [5, 5.41) is 10.6. The van der Waals surface area contributed by atoms with E-state index in [4.69, 9.17) is 6.42 Å². The van der Waals surface area contributed by atoms with Crippen molar-refractivity contribution in [1.29, 1.82) is 0 Å². The van der Waals surface area contributed by atoms with Gasteiger partial charge in [0, 0.05) is 11.8 Å². The van der Waals surface area contributed by atoms with E-state index in [-0.39, 0.29) is 5.78 Å². The van der Waals surface area contributed by atoms with Crippen LogP contribution in [0.4, 0.5) is 0 Å². The predicted octanol–water partition coefficient (Wildman–Crippen LogP) is 2.88. The normalized spacial score (nSPS) is 47.9. The quantitative estimate of drug-likeness (QED) is 0.694. The third-order valence-electron chi connectivity index (χ3n) is 6.60. The third kappa shape index (κ3) is 1.87. The fraction of sp³-hybridized carbons (Fsp3) is 0.632. The second kappa shape index (κ2) is 4.58. The van der Waals surface area contributed by atoms with Gasteiger partial charge < -0.3 is 5.11 Å². The molecule has 0 unspecified atom stereocenters.